The lowest BCUT2D eigenvalue weighted by molar-refractivity contribution is 0.0677. The van der Waals surface area contributed by atoms with Gasteiger partial charge in [-0.15, -0.1) is 0 Å². The highest BCUT2D eigenvalue weighted by Gasteiger charge is 2.18. The molecule has 0 spiro atoms. The Morgan fingerprint density at radius 3 is 2.87 bits per heavy atom. The number of carboxylic acids is 1. The van der Waals surface area contributed by atoms with Gasteiger partial charge in [-0.2, -0.15) is 0 Å². The van der Waals surface area contributed by atoms with Crippen molar-refractivity contribution in [1.82, 2.24) is 14.5 Å². The lowest BCUT2D eigenvalue weighted by atomic mass is 10.3. The Labute approximate surface area is 86.4 Å². The first kappa shape index (κ1) is 9.64. The van der Waals surface area contributed by atoms with Gasteiger partial charge < -0.3 is 9.67 Å². The summed E-state index contributed by atoms with van der Waals surface area (Å²) < 4.78 is 1.62. The Kier molecular flexibility index (Phi) is 2.15. The van der Waals surface area contributed by atoms with Crippen LogP contribution in [0.5, 0.6) is 0 Å². The Bertz CT molecular complexity index is 516. The van der Waals surface area contributed by atoms with Crippen LogP contribution in [0.25, 0.3) is 11.2 Å². The van der Waals surface area contributed by atoms with Gasteiger partial charge in [0.1, 0.15) is 5.52 Å². The van der Waals surface area contributed by atoms with Crippen molar-refractivity contribution in [3.8, 4) is 0 Å². The molecule has 0 radical (unpaired) electrons. The first-order valence-electron chi connectivity index (χ1n) is 4.67. The van der Waals surface area contributed by atoms with Crippen LogP contribution in [0, 0.1) is 0 Å². The highest BCUT2D eigenvalue weighted by atomic mass is 16.4. The van der Waals surface area contributed by atoms with Gasteiger partial charge in [0.05, 0.1) is 0 Å². The van der Waals surface area contributed by atoms with Crippen molar-refractivity contribution in [1.29, 1.82) is 0 Å². The van der Waals surface area contributed by atoms with E-state index in [9.17, 15) is 4.79 Å². The number of aromatic carboxylic acids is 1. The van der Waals surface area contributed by atoms with Crippen molar-refractivity contribution in [3.05, 3.63) is 24.2 Å². The zero-order valence-corrected chi connectivity index (χ0v) is 8.51. The van der Waals surface area contributed by atoms with Crippen molar-refractivity contribution in [2.24, 2.45) is 0 Å². The number of imidazole rings is 1. The molecular formula is C10H11N3O2. The van der Waals surface area contributed by atoms with Crippen LogP contribution in [0.4, 0.5) is 0 Å². The van der Waals surface area contributed by atoms with Crippen molar-refractivity contribution in [2.45, 2.75) is 19.9 Å². The minimum Gasteiger partial charge on any atom is -0.475 e. The van der Waals surface area contributed by atoms with Crippen LogP contribution in [-0.2, 0) is 0 Å². The van der Waals surface area contributed by atoms with Crippen molar-refractivity contribution >= 4 is 17.1 Å². The molecule has 15 heavy (non-hydrogen) atoms. The summed E-state index contributed by atoms with van der Waals surface area (Å²) >= 11 is 0. The van der Waals surface area contributed by atoms with E-state index < -0.39 is 5.97 Å². The van der Waals surface area contributed by atoms with E-state index >= 15 is 0 Å². The maximum atomic E-state index is 11.0. The molecule has 1 N–H and O–H groups in total. The molecule has 78 valence electrons. The van der Waals surface area contributed by atoms with Crippen LogP contribution >= 0.6 is 0 Å². The van der Waals surface area contributed by atoms with E-state index in [4.69, 9.17) is 5.11 Å². The van der Waals surface area contributed by atoms with E-state index in [2.05, 4.69) is 9.97 Å². The predicted molar refractivity (Wildman–Crippen MR) is 54.9 cm³/mol. The van der Waals surface area contributed by atoms with Gasteiger partial charge in [-0.3, -0.25) is 0 Å². The van der Waals surface area contributed by atoms with Crippen molar-refractivity contribution in [3.63, 3.8) is 0 Å². The molecule has 0 saturated heterocycles. The summed E-state index contributed by atoms with van der Waals surface area (Å²) in [7, 11) is 0. The first-order valence-corrected chi connectivity index (χ1v) is 4.67. The van der Waals surface area contributed by atoms with Crippen LogP contribution in [0.3, 0.4) is 0 Å². The van der Waals surface area contributed by atoms with Gasteiger partial charge in [0.2, 0.25) is 5.82 Å². The number of carbonyl (C=O) groups is 1. The molecule has 2 rings (SSSR count). The predicted octanol–water partition coefficient (Wildman–Crippen LogP) is 1.71. The molecule has 2 aromatic rings. The average Bonchev–Trinajstić information content (AvgIpc) is 2.56. The van der Waals surface area contributed by atoms with E-state index in [1.807, 2.05) is 13.8 Å². The van der Waals surface area contributed by atoms with Gasteiger partial charge in [0.25, 0.3) is 0 Å². The van der Waals surface area contributed by atoms with Crippen LogP contribution in [0.1, 0.15) is 30.5 Å². The molecule has 2 aromatic heterocycles. The normalized spacial score (nSPS) is 11.1. The maximum absolute atomic E-state index is 11.0. The molecule has 0 fully saturated rings. The maximum Gasteiger partial charge on any atom is 0.372 e. The van der Waals surface area contributed by atoms with Crippen LogP contribution in [-0.4, -0.2) is 25.6 Å². The molecule has 0 unspecified atom stereocenters. The van der Waals surface area contributed by atoms with E-state index in [0.29, 0.717) is 11.2 Å². The highest BCUT2D eigenvalue weighted by molar-refractivity contribution is 5.88. The zero-order chi connectivity index (χ0) is 11.0. The summed E-state index contributed by atoms with van der Waals surface area (Å²) in [6, 6.07) is 3.52. The van der Waals surface area contributed by atoms with Gasteiger partial charge in [-0.05, 0) is 26.0 Å². The summed E-state index contributed by atoms with van der Waals surface area (Å²) in [6.07, 6.45) is 1.63. The average molecular weight is 205 g/mol. The lowest BCUT2D eigenvalue weighted by Crippen LogP contribution is -2.11. The van der Waals surface area contributed by atoms with Crippen LogP contribution in [0.15, 0.2) is 18.3 Å². The number of rotatable bonds is 2. The molecule has 0 aromatic carbocycles. The van der Waals surface area contributed by atoms with Gasteiger partial charge in [0.15, 0.2) is 5.65 Å². The summed E-state index contributed by atoms with van der Waals surface area (Å²) in [5.41, 5.74) is 1.23. The fourth-order valence-electron chi connectivity index (χ4n) is 1.57. The summed E-state index contributed by atoms with van der Waals surface area (Å²) in [5, 5.41) is 9.00. The molecule has 0 atom stereocenters. The summed E-state index contributed by atoms with van der Waals surface area (Å²) in [5.74, 6) is -0.986. The Hall–Kier alpha value is -1.91. The standard InChI is InChI=1S/C10H11N3O2/c1-6(2)13-8-7(4-3-5-11-8)12-9(13)10(14)15/h3-6H,1-2H3,(H,14,15). The number of aromatic nitrogens is 3. The number of fused-ring (bicyclic) bond motifs is 1. The summed E-state index contributed by atoms with van der Waals surface area (Å²) in [4.78, 5) is 19.2. The second-order valence-electron chi connectivity index (χ2n) is 3.55. The molecule has 0 aliphatic carbocycles. The molecule has 2 heterocycles. The Morgan fingerprint density at radius 2 is 2.27 bits per heavy atom. The number of hydrogen-bond acceptors (Lipinski definition) is 3. The first-order chi connectivity index (χ1) is 7.11. The smallest absolute Gasteiger partial charge is 0.372 e. The molecule has 5 nitrogen and oxygen atoms in total. The molecule has 0 saturated carbocycles. The van der Waals surface area contributed by atoms with Gasteiger partial charge in [-0.1, -0.05) is 0 Å². The quantitative estimate of drug-likeness (QED) is 0.810. The minimum absolute atomic E-state index is 0.0241. The third-order valence-electron chi connectivity index (χ3n) is 2.16. The van der Waals surface area contributed by atoms with E-state index in [-0.39, 0.29) is 11.9 Å². The number of nitrogens with zero attached hydrogens (tertiary/aromatic N) is 3. The third-order valence-corrected chi connectivity index (χ3v) is 2.16. The SMILES string of the molecule is CC(C)n1c(C(=O)O)nc2cccnc21. The highest BCUT2D eigenvalue weighted by Crippen LogP contribution is 2.18. The molecule has 0 bridgehead atoms. The van der Waals surface area contributed by atoms with E-state index in [1.165, 1.54) is 0 Å². The largest absolute Gasteiger partial charge is 0.475 e. The Balaban J connectivity index is 2.80. The zero-order valence-electron chi connectivity index (χ0n) is 8.51. The Morgan fingerprint density at radius 1 is 1.53 bits per heavy atom. The second-order valence-corrected chi connectivity index (χ2v) is 3.55. The van der Waals surface area contributed by atoms with Crippen molar-refractivity contribution < 1.29 is 9.90 Å². The fourth-order valence-corrected chi connectivity index (χ4v) is 1.57. The third kappa shape index (κ3) is 1.45. The van der Waals surface area contributed by atoms with E-state index in [1.54, 1.807) is 22.9 Å². The molecule has 0 amide bonds. The minimum atomic E-state index is -1.03. The van der Waals surface area contributed by atoms with Crippen LogP contribution in [0.2, 0.25) is 0 Å². The summed E-state index contributed by atoms with van der Waals surface area (Å²) in [6.45, 7) is 3.81. The molecule has 0 aliphatic heterocycles. The van der Waals surface area contributed by atoms with Crippen molar-refractivity contribution in [2.75, 3.05) is 0 Å². The number of pyridine rings is 1. The number of carboxylic acid groups (broad SMARTS) is 1. The van der Waals surface area contributed by atoms with Gasteiger partial charge >= 0.3 is 5.97 Å². The second kappa shape index (κ2) is 3.34. The van der Waals surface area contributed by atoms with E-state index in [0.717, 1.165) is 0 Å². The molecule has 0 aliphatic rings. The van der Waals surface area contributed by atoms with Gasteiger partial charge in [-0.25, -0.2) is 14.8 Å². The number of hydrogen-bond donors (Lipinski definition) is 1. The monoisotopic (exact) mass is 205 g/mol. The molecule has 5 heteroatoms. The lowest BCUT2D eigenvalue weighted by Gasteiger charge is -2.09. The molecular weight excluding hydrogens is 194 g/mol. The topological polar surface area (TPSA) is 68.0 Å². The van der Waals surface area contributed by atoms with Crippen LogP contribution < -0.4 is 0 Å². The van der Waals surface area contributed by atoms with Gasteiger partial charge in [0, 0.05) is 12.2 Å². The fraction of sp³-hybridized carbons (Fsp3) is 0.300.